The number of amides is 2. The molecule has 2 amide bonds. The fourth-order valence-electron chi connectivity index (χ4n) is 3.74. The number of hydrogen-bond donors (Lipinski definition) is 1. The van der Waals surface area contributed by atoms with E-state index in [2.05, 4.69) is 5.32 Å². The number of rotatable bonds is 1. The monoisotopic (exact) mass is 366 g/mol. The Bertz CT molecular complexity index is 1040. The number of hydrogen-bond acceptors (Lipinski definition) is 4. The average molecular weight is 366 g/mol. The van der Waals surface area contributed by atoms with Crippen molar-refractivity contribution in [3.8, 4) is 0 Å². The Balaban J connectivity index is 1.53. The number of benzene rings is 2. The molecule has 1 saturated heterocycles. The van der Waals surface area contributed by atoms with Crippen LogP contribution in [-0.2, 0) is 14.3 Å². The topological polar surface area (TPSA) is 71.8 Å². The zero-order chi connectivity index (χ0) is 19.2. The first-order valence-electron chi connectivity index (χ1n) is 9.02. The molecular weight excluding hydrogens is 344 g/mol. The lowest BCUT2D eigenvalue weighted by molar-refractivity contribution is -0.161. The van der Waals surface area contributed by atoms with Crippen LogP contribution >= 0.6 is 0 Å². The molecule has 2 heterocycles. The van der Waals surface area contributed by atoms with Gasteiger partial charge in [0.25, 0.3) is 0 Å². The Labute approximate surface area is 157 Å². The summed E-state index contributed by atoms with van der Waals surface area (Å²) < 4.78 is 11.6. The molecule has 6 heteroatoms. The van der Waals surface area contributed by atoms with Crippen LogP contribution < -0.4 is 5.32 Å². The maximum Gasteiger partial charge on any atom is 0.313 e. The summed E-state index contributed by atoms with van der Waals surface area (Å²) in [6.07, 6.45) is -0.114. The zero-order valence-electron chi connectivity index (χ0n) is 15.6. The Morgan fingerprint density at radius 1 is 1.11 bits per heavy atom. The van der Waals surface area contributed by atoms with E-state index >= 15 is 0 Å². The summed E-state index contributed by atoms with van der Waals surface area (Å²) in [6.45, 7) is 6.51. The van der Waals surface area contributed by atoms with E-state index in [0.717, 1.165) is 16.4 Å². The van der Waals surface area contributed by atoms with Crippen molar-refractivity contribution in [1.82, 2.24) is 4.90 Å². The quantitative estimate of drug-likeness (QED) is 0.669. The van der Waals surface area contributed by atoms with Gasteiger partial charge in [-0.15, -0.1) is 0 Å². The number of ether oxygens (including phenoxy) is 1. The molecule has 3 aromatic rings. The van der Waals surface area contributed by atoms with Crippen LogP contribution in [0.2, 0.25) is 0 Å². The second-order valence-electron chi connectivity index (χ2n) is 7.64. The van der Waals surface area contributed by atoms with Gasteiger partial charge in [-0.25, -0.2) is 0 Å². The van der Waals surface area contributed by atoms with E-state index in [1.165, 1.54) is 0 Å². The first-order valence-corrected chi connectivity index (χ1v) is 9.02. The molecule has 140 valence electrons. The lowest BCUT2D eigenvalue weighted by Gasteiger charge is -2.41. The van der Waals surface area contributed by atoms with Gasteiger partial charge in [-0.3, -0.25) is 9.59 Å². The van der Waals surface area contributed by atoms with Crippen molar-refractivity contribution >= 4 is 39.4 Å². The van der Waals surface area contributed by atoms with Crippen LogP contribution in [0.25, 0.3) is 21.9 Å². The van der Waals surface area contributed by atoms with Crippen LogP contribution in [-0.4, -0.2) is 41.5 Å². The zero-order valence-corrected chi connectivity index (χ0v) is 15.6. The van der Waals surface area contributed by atoms with Gasteiger partial charge in [0, 0.05) is 35.6 Å². The van der Waals surface area contributed by atoms with Crippen molar-refractivity contribution < 1.29 is 18.7 Å². The van der Waals surface area contributed by atoms with Gasteiger partial charge in [0.1, 0.15) is 11.2 Å². The van der Waals surface area contributed by atoms with Gasteiger partial charge < -0.3 is 19.4 Å². The molecular formula is C21H22N2O4. The lowest BCUT2D eigenvalue weighted by atomic mass is 10.1. The molecule has 0 radical (unpaired) electrons. The SMILES string of the molecule is C[C@H]1CN(C(=O)C(=O)Nc2ccc3c(c2)oc2ccccc23)CC(C)(C)O1. The second kappa shape index (κ2) is 6.39. The first-order chi connectivity index (χ1) is 12.8. The number of morpholine rings is 1. The molecule has 0 saturated carbocycles. The minimum atomic E-state index is -0.657. The average Bonchev–Trinajstić information content (AvgIpc) is 2.97. The van der Waals surface area contributed by atoms with E-state index in [0.29, 0.717) is 24.4 Å². The van der Waals surface area contributed by atoms with E-state index < -0.39 is 17.4 Å². The molecule has 0 unspecified atom stereocenters. The molecule has 6 nitrogen and oxygen atoms in total. The summed E-state index contributed by atoms with van der Waals surface area (Å²) in [5.41, 5.74) is 1.51. The molecule has 1 N–H and O–H groups in total. The highest BCUT2D eigenvalue weighted by atomic mass is 16.5. The number of furan rings is 1. The van der Waals surface area contributed by atoms with Crippen LogP contribution in [0.15, 0.2) is 46.9 Å². The van der Waals surface area contributed by atoms with Crippen LogP contribution in [0.3, 0.4) is 0 Å². The van der Waals surface area contributed by atoms with E-state index in [-0.39, 0.29) is 6.10 Å². The first kappa shape index (κ1) is 17.5. The maximum atomic E-state index is 12.6. The molecule has 2 aromatic carbocycles. The lowest BCUT2D eigenvalue weighted by Crippen LogP contribution is -2.56. The van der Waals surface area contributed by atoms with Crippen molar-refractivity contribution in [2.24, 2.45) is 0 Å². The molecule has 0 spiro atoms. The summed E-state index contributed by atoms with van der Waals surface area (Å²) in [5, 5.41) is 4.68. The van der Waals surface area contributed by atoms with Crippen LogP contribution in [0.5, 0.6) is 0 Å². The normalized spacial score (nSPS) is 19.4. The maximum absolute atomic E-state index is 12.6. The van der Waals surface area contributed by atoms with Crippen LogP contribution in [0.4, 0.5) is 5.69 Å². The van der Waals surface area contributed by atoms with Gasteiger partial charge in [0.15, 0.2) is 0 Å². The highest BCUT2D eigenvalue weighted by molar-refractivity contribution is 6.39. The molecule has 1 aromatic heterocycles. The number of fused-ring (bicyclic) bond motifs is 3. The van der Waals surface area contributed by atoms with E-state index in [4.69, 9.17) is 9.15 Å². The third kappa shape index (κ3) is 3.40. The summed E-state index contributed by atoms with van der Waals surface area (Å²) in [7, 11) is 0. The molecule has 1 aliphatic heterocycles. The molecule has 1 aliphatic rings. The summed E-state index contributed by atoms with van der Waals surface area (Å²) in [5.74, 6) is -1.21. The summed E-state index contributed by atoms with van der Waals surface area (Å²) in [6, 6.07) is 13.2. The van der Waals surface area contributed by atoms with E-state index in [1.807, 2.05) is 51.1 Å². The number of carbonyl (C=O) groups excluding carboxylic acids is 2. The summed E-state index contributed by atoms with van der Waals surface area (Å²) in [4.78, 5) is 26.6. The van der Waals surface area contributed by atoms with E-state index in [1.54, 1.807) is 17.0 Å². The Hall–Kier alpha value is -2.86. The smallest absolute Gasteiger partial charge is 0.313 e. The van der Waals surface area contributed by atoms with Gasteiger partial charge >= 0.3 is 11.8 Å². The summed E-state index contributed by atoms with van der Waals surface area (Å²) >= 11 is 0. The van der Waals surface area contributed by atoms with Gasteiger partial charge in [-0.05, 0) is 39.0 Å². The van der Waals surface area contributed by atoms with Crippen LogP contribution in [0.1, 0.15) is 20.8 Å². The third-order valence-corrected chi connectivity index (χ3v) is 4.69. The van der Waals surface area contributed by atoms with Gasteiger partial charge in [0.05, 0.1) is 11.7 Å². The second-order valence-corrected chi connectivity index (χ2v) is 7.64. The van der Waals surface area contributed by atoms with Gasteiger partial charge in [-0.1, -0.05) is 18.2 Å². The fourth-order valence-corrected chi connectivity index (χ4v) is 3.74. The minimum absolute atomic E-state index is 0.114. The predicted molar refractivity (Wildman–Crippen MR) is 104 cm³/mol. The standard InChI is InChI=1S/C21H22N2O4/c1-13-11-23(12-21(2,3)27-13)20(25)19(24)22-14-8-9-16-15-6-4-5-7-17(15)26-18(16)10-14/h4-10,13H,11-12H2,1-3H3,(H,22,24)/t13-/m0/s1. The number of anilines is 1. The molecule has 1 atom stereocenters. The molecule has 1 fully saturated rings. The number of nitrogens with one attached hydrogen (secondary N) is 1. The molecule has 0 bridgehead atoms. The van der Waals surface area contributed by atoms with Crippen LogP contribution in [0, 0.1) is 0 Å². The van der Waals surface area contributed by atoms with Crippen molar-refractivity contribution in [1.29, 1.82) is 0 Å². The highest BCUT2D eigenvalue weighted by Crippen LogP contribution is 2.30. The van der Waals surface area contributed by atoms with Gasteiger partial charge in [0.2, 0.25) is 0 Å². The molecule has 0 aliphatic carbocycles. The Morgan fingerprint density at radius 3 is 2.63 bits per heavy atom. The van der Waals surface area contributed by atoms with Crippen molar-refractivity contribution in [3.05, 3.63) is 42.5 Å². The van der Waals surface area contributed by atoms with E-state index in [9.17, 15) is 9.59 Å². The number of para-hydroxylation sites is 1. The third-order valence-electron chi connectivity index (χ3n) is 4.69. The molecule has 4 rings (SSSR count). The highest BCUT2D eigenvalue weighted by Gasteiger charge is 2.35. The Morgan fingerprint density at radius 2 is 1.85 bits per heavy atom. The van der Waals surface area contributed by atoms with Crippen molar-refractivity contribution in [2.75, 3.05) is 18.4 Å². The number of carbonyl (C=O) groups is 2. The predicted octanol–water partition coefficient (Wildman–Crippen LogP) is 3.55. The molecule has 27 heavy (non-hydrogen) atoms. The largest absolute Gasteiger partial charge is 0.456 e. The van der Waals surface area contributed by atoms with Crippen molar-refractivity contribution in [2.45, 2.75) is 32.5 Å². The fraction of sp³-hybridized carbons (Fsp3) is 0.333. The van der Waals surface area contributed by atoms with Crippen molar-refractivity contribution in [3.63, 3.8) is 0 Å². The van der Waals surface area contributed by atoms with Gasteiger partial charge in [-0.2, -0.15) is 0 Å². The minimum Gasteiger partial charge on any atom is -0.456 e. The number of nitrogens with zero attached hydrogens (tertiary/aromatic N) is 1. The Kier molecular flexibility index (Phi) is 4.15.